The fourth-order valence-corrected chi connectivity index (χ4v) is 5.47. The fraction of sp³-hybridized carbons (Fsp3) is 0.846. The number of aromatic nitrogens is 2. The summed E-state index contributed by atoms with van der Waals surface area (Å²) in [6.45, 7) is 0.844. The van der Waals surface area contributed by atoms with Gasteiger partial charge in [-0.25, -0.2) is 8.42 Å². The van der Waals surface area contributed by atoms with Gasteiger partial charge in [0.2, 0.25) is 5.89 Å². The molecule has 0 aromatic carbocycles. The summed E-state index contributed by atoms with van der Waals surface area (Å²) in [4.78, 5) is 0. The molecule has 3 heterocycles. The SMILES string of the molecule is O=S1(=O)CC[C@@H](Cc2nnc(SC[C@H]3CCCCO3)o2)C1. The van der Waals surface area contributed by atoms with Gasteiger partial charge in [0.05, 0.1) is 17.6 Å². The highest BCUT2D eigenvalue weighted by Crippen LogP contribution is 2.25. The number of sulfone groups is 1. The standard InChI is InChI=1S/C13H20N2O4S2/c16-21(17)6-4-10(9-21)7-12-14-15-13(19-12)20-8-11-3-1-2-5-18-11/h10-11H,1-9H2/t10-,11+/m0/s1. The van der Waals surface area contributed by atoms with Gasteiger partial charge in [0.1, 0.15) is 0 Å². The van der Waals surface area contributed by atoms with E-state index in [1.54, 1.807) is 0 Å². The van der Waals surface area contributed by atoms with Crippen LogP contribution in [0.3, 0.4) is 0 Å². The van der Waals surface area contributed by atoms with E-state index in [2.05, 4.69) is 10.2 Å². The van der Waals surface area contributed by atoms with Gasteiger partial charge in [0.25, 0.3) is 5.22 Å². The van der Waals surface area contributed by atoms with E-state index in [1.807, 2.05) is 0 Å². The maximum atomic E-state index is 11.4. The van der Waals surface area contributed by atoms with Gasteiger partial charge in [0, 0.05) is 18.8 Å². The summed E-state index contributed by atoms with van der Waals surface area (Å²) < 4.78 is 34.1. The molecule has 2 aliphatic rings. The first kappa shape index (κ1) is 15.3. The van der Waals surface area contributed by atoms with E-state index < -0.39 is 9.84 Å². The molecule has 6 nitrogen and oxygen atoms in total. The van der Waals surface area contributed by atoms with Gasteiger partial charge in [-0.2, -0.15) is 0 Å². The molecule has 0 saturated carbocycles. The third-order valence-corrected chi connectivity index (χ3v) is 6.69. The minimum atomic E-state index is -2.85. The number of nitrogens with zero attached hydrogens (tertiary/aromatic N) is 2. The molecule has 0 bridgehead atoms. The third kappa shape index (κ3) is 4.43. The highest BCUT2D eigenvalue weighted by atomic mass is 32.2. The van der Waals surface area contributed by atoms with Crippen LogP contribution in [0.1, 0.15) is 31.6 Å². The highest BCUT2D eigenvalue weighted by Gasteiger charge is 2.29. The summed E-state index contributed by atoms with van der Waals surface area (Å²) in [6, 6.07) is 0. The van der Waals surface area contributed by atoms with Gasteiger partial charge in [0.15, 0.2) is 9.84 Å². The van der Waals surface area contributed by atoms with Crippen LogP contribution in [0.25, 0.3) is 0 Å². The highest BCUT2D eigenvalue weighted by molar-refractivity contribution is 7.99. The molecule has 0 amide bonds. The van der Waals surface area contributed by atoms with Crippen molar-refractivity contribution in [3.8, 4) is 0 Å². The lowest BCUT2D eigenvalue weighted by molar-refractivity contribution is 0.0314. The average molecular weight is 332 g/mol. The first-order valence-electron chi connectivity index (χ1n) is 7.38. The number of rotatable bonds is 5. The van der Waals surface area contributed by atoms with Crippen molar-refractivity contribution < 1.29 is 17.6 Å². The maximum Gasteiger partial charge on any atom is 0.276 e. The maximum absolute atomic E-state index is 11.4. The first-order valence-corrected chi connectivity index (χ1v) is 10.2. The molecular formula is C13H20N2O4S2. The smallest absolute Gasteiger partial charge is 0.276 e. The second kappa shape index (κ2) is 6.66. The molecule has 3 rings (SSSR count). The molecule has 118 valence electrons. The van der Waals surface area contributed by atoms with Crippen molar-refractivity contribution in [3.05, 3.63) is 5.89 Å². The van der Waals surface area contributed by atoms with Crippen molar-refractivity contribution in [3.63, 3.8) is 0 Å². The molecule has 2 saturated heterocycles. The average Bonchev–Trinajstić information content (AvgIpc) is 3.04. The van der Waals surface area contributed by atoms with Crippen LogP contribution in [0.4, 0.5) is 0 Å². The Bertz CT molecular complexity index is 566. The van der Waals surface area contributed by atoms with Crippen LogP contribution in [0.2, 0.25) is 0 Å². The van der Waals surface area contributed by atoms with Crippen LogP contribution in [-0.2, 0) is 21.0 Å². The molecule has 0 N–H and O–H groups in total. The van der Waals surface area contributed by atoms with E-state index in [9.17, 15) is 8.42 Å². The molecule has 2 atom stereocenters. The second-order valence-corrected chi connectivity index (χ2v) is 8.93. The van der Waals surface area contributed by atoms with E-state index in [4.69, 9.17) is 9.15 Å². The van der Waals surface area contributed by atoms with E-state index in [0.29, 0.717) is 24.0 Å². The zero-order valence-electron chi connectivity index (χ0n) is 11.9. The lowest BCUT2D eigenvalue weighted by Gasteiger charge is -2.21. The Balaban J connectivity index is 1.47. The predicted octanol–water partition coefficient (Wildman–Crippen LogP) is 1.71. The lowest BCUT2D eigenvalue weighted by atomic mass is 10.1. The molecule has 0 spiro atoms. The molecule has 1 aromatic heterocycles. The Kier molecular flexibility index (Phi) is 4.85. The molecule has 0 unspecified atom stereocenters. The summed E-state index contributed by atoms with van der Waals surface area (Å²) in [5.74, 6) is 2.03. The van der Waals surface area contributed by atoms with Crippen molar-refractivity contribution in [2.24, 2.45) is 5.92 Å². The third-order valence-electron chi connectivity index (χ3n) is 3.91. The van der Waals surface area contributed by atoms with Gasteiger partial charge in [-0.1, -0.05) is 11.8 Å². The number of hydrogen-bond acceptors (Lipinski definition) is 7. The summed E-state index contributed by atoms with van der Waals surface area (Å²) >= 11 is 1.52. The summed E-state index contributed by atoms with van der Waals surface area (Å²) in [5, 5.41) is 8.59. The second-order valence-electron chi connectivity index (χ2n) is 5.73. The van der Waals surface area contributed by atoms with Gasteiger partial charge in [-0.3, -0.25) is 0 Å². The molecule has 2 fully saturated rings. The van der Waals surface area contributed by atoms with Crippen molar-refractivity contribution in [1.29, 1.82) is 0 Å². The van der Waals surface area contributed by atoms with Crippen molar-refractivity contribution in [2.75, 3.05) is 23.9 Å². The van der Waals surface area contributed by atoms with E-state index in [0.717, 1.165) is 25.2 Å². The molecule has 0 aliphatic carbocycles. The van der Waals surface area contributed by atoms with Crippen LogP contribution in [0.15, 0.2) is 9.64 Å². The van der Waals surface area contributed by atoms with Crippen molar-refractivity contribution in [2.45, 2.75) is 43.4 Å². The van der Waals surface area contributed by atoms with Crippen LogP contribution >= 0.6 is 11.8 Å². The lowest BCUT2D eigenvalue weighted by Crippen LogP contribution is -2.21. The summed E-state index contributed by atoms with van der Waals surface area (Å²) in [5.41, 5.74) is 0. The summed E-state index contributed by atoms with van der Waals surface area (Å²) in [7, 11) is -2.85. The molecule has 1 aromatic rings. The Morgan fingerprint density at radius 3 is 2.86 bits per heavy atom. The Hall–Kier alpha value is -0.600. The van der Waals surface area contributed by atoms with Gasteiger partial charge in [-0.05, 0) is 31.6 Å². The van der Waals surface area contributed by atoms with E-state index in [1.165, 1.54) is 18.2 Å². The van der Waals surface area contributed by atoms with Crippen molar-refractivity contribution >= 4 is 21.6 Å². The minimum Gasteiger partial charge on any atom is -0.416 e. The zero-order valence-corrected chi connectivity index (χ0v) is 13.5. The minimum absolute atomic E-state index is 0.120. The van der Waals surface area contributed by atoms with Gasteiger partial charge < -0.3 is 9.15 Å². The van der Waals surface area contributed by atoms with Crippen LogP contribution in [0, 0.1) is 5.92 Å². The Labute approximate surface area is 128 Å². The zero-order chi connectivity index (χ0) is 14.7. The molecular weight excluding hydrogens is 312 g/mol. The normalized spacial score (nSPS) is 28.8. The predicted molar refractivity (Wildman–Crippen MR) is 79.1 cm³/mol. The number of thioether (sulfide) groups is 1. The van der Waals surface area contributed by atoms with Gasteiger partial charge >= 0.3 is 0 Å². The summed E-state index contributed by atoms with van der Waals surface area (Å²) in [6.07, 6.45) is 5.00. The largest absolute Gasteiger partial charge is 0.416 e. The van der Waals surface area contributed by atoms with Gasteiger partial charge in [-0.15, -0.1) is 10.2 Å². The molecule has 2 aliphatic heterocycles. The van der Waals surface area contributed by atoms with E-state index in [-0.39, 0.29) is 23.5 Å². The molecule has 21 heavy (non-hydrogen) atoms. The number of hydrogen-bond donors (Lipinski definition) is 0. The Morgan fingerprint density at radius 2 is 2.14 bits per heavy atom. The van der Waals surface area contributed by atoms with Crippen LogP contribution in [0.5, 0.6) is 0 Å². The monoisotopic (exact) mass is 332 g/mol. The van der Waals surface area contributed by atoms with E-state index >= 15 is 0 Å². The molecule has 8 heteroatoms. The first-order chi connectivity index (χ1) is 10.1. The van der Waals surface area contributed by atoms with Crippen molar-refractivity contribution in [1.82, 2.24) is 10.2 Å². The Morgan fingerprint density at radius 1 is 1.24 bits per heavy atom. The topological polar surface area (TPSA) is 82.3 Å². The quantitative estimate of drug-likeness (QED) is 0.759. The van der Waals surface area contributed by atoms with Crippen LogP contribution in [-0.4, -0.2) is 48.6 Å². The molecule has 0 radical (unpaired) electrons. The van der Waals surface area contributed by atoms with Crippen LogP contribution < -0.4 is 0 Å². The fourth-order valence-electron chi connectivity index (χ4n) is 2.76. The number of ether oxygens (including phenoxy) is 1.